The van der Waals surface area contributed by atoms with Crippen LogP contribution in [0.1, 0.15) is 22.3 Å². The molecule has 1 saturated heterocycles. The molecule has 1 fully saturated rings. The van der Waals surface area contributed by atoms with Crippen molar-refractivity contribution in [3.05, 3.63) is 53.6 Å². The lowest BCUT2D eigenvalue weighted by Gasteiger charge is -2.35. The highest BCUT2D eigenvalue weighted by Gasteiger charge is 2.35. The summed E-state index contributed by atoms with van der Waals surface area (Å²) < 4.78 is 43.8. The van der Waals surface area contributed by atoms with Crippen LogP contribution in [0, 0.1) is 0 Å². The normalized spacial score (nSPS) is 18.2. The van der Waals surface area contributed by atoms with Gasteiger partial charge in [-0.05, 0) is 42.5 Å². The van der Waals surface area contributed by atoms with E-state index < -0.39 is 22.9 Å². The van der Waals surface area contributed by atoms with Crippen LogP contribution in [0.15, 0.2) is 47.4 Å². The Morgan fingerprint density at radius 1 is 1.06 bits per heavy atom. The van der Waals surface area contributed by atoms with E-state index in [9.17, 15) is 27.6 Å². The molecule has 1 N–H and O–H groups in total. The lowest BCUT2D eigenvalue weighted by atomic mass is 10.1. The number of methoxy groups -OCH3 is 1. The summed E-state index contributed by atoms with van der Waals surface area (Å²) in [5.74, 6) is -0.218. The Morgan fingerprint density at radius 3 is 2.32 bits per heavy atom. The van der Waals surface area contributed by atoms with E-state index in [4.69, 9.17) is 4.74 Å². The number of thioether (sulfide) groups is 1. The molecule has 2 aromatic rings. The monoisotopic (exact) mass is 493 g/mol. The zero-order chi connectivity index (χ0) is 24.5. The molecule has 7 nitrogen and oxygen atoms in total. The van der Waals surface area contributed by atoms with Crippen LogP contribution in [0.4, 0.5) is 18.9 Å². The average molecular weight is 494 g/mol. The van der Waals surface area contributed by atoms with Crippen molar-refractivity contribution >= 4 is 35.2 Å². The number of alkyl halides is 3. The number of piperazine rings is 1. The summed E-state index contributed by atoms with van der Waals surface area (Å²) in [6.07, 6.45) is -4.59. The minimum Gasteiger partial charge on any atom is -0.497 e. The Bertz CT molecular complexity index is 1100. The molecule has 34 heavy (non-hydrogen) atoms. The highest BCUT2D eigenvalue weighted by Crippen LogP contribution is 2.40. The summed E-state index contributed by atoms with van der Waals surface area (Å²) >= 11 is 1.08. The summed E-state index contributed by atoms with van der Waals surface area (Å²) in [7, 11) is 1.55. The highest BCUT2D eigenvalue weighted by atomic mass is 32.2. The maximum Gasteiger partial charge on any atom is 0.416 e. The number of carbonyl (C=O) groups excluding carboxylic acids is 3. The molecule has 0 spiro atoms. The van der Waals surface area contributed by atoms with Gasteiger partial charge in [0.1, 0.15) is 5.75 Å². The van der Waals surface area contributed by atoms with E-state index in [1.807, 2.05) is 0 Å². The van der Waals surface area contributed by atoms with E-state index in [-0.39, 0.29) is 23.9 Å². The van der Waals surface area contributed by atoms with Crippen LogP contribution < -0.4 is 10.1 Å². The molecule has 2 aliphatic heterocycles. The molecule has 0 saturated carbocycles. The largest absolute Gasteiger partial charge is 0.497 e. The zero-order valence-electron chi connectivity index (χ0n) is 18.2. The first-order chi connectivity index (χ1) is 16.2. The number of nitrogens with zero attached hydrogens (tertiary/aromatic N) is 2. The summed E-state index contributed by atoms with van der Waals surface area (Å²) in [6.45, 7) is 1.41. The first-order valence-corrected chi connectivity index (χ1v) is 11.4. The average Bonchev–Trinajstić information content (AvgIpc) is 2.83. The van der Waals surface area contributed by atoms with Crippen LogP contribution >= 0.6 is 11.8 Å². The molecule has 0 radical (unpaired) electrons. The molecule has 2 heterocycles. The minimum absolute atomic E-state index is 0.0800. The van der Waals surface area contributed by atoms with E-state index in [2.05, 4.69) is 5.32 Å². The lowest BCUT2D eigenvalue weighted by molar-refractivity contribution is -0.137. The second-order valence-corrected chi connectivity index (χ2v) is 9.15. The molecule has 1 atom stereocenters. The van der Waals surface area contributed by atoms with Gasteiger partial charge in [-0.25, -0.2) is 0 Å². The second kappa shape index (κ2) is 9.57. The molecular formula is C23H22F3N3O4S. The first kappa shape index (κ1) is 23.9. The van der Waals surface area contributed by atoms with E-state index >= 15 is 0 Å². The van der Waals surface area contributed by atoms with Crippen LogP contribution in [0.5, 0.6) is 5.75 Å². The Balaban J connectivity index is 1.32. The van der Waals surface area contributed by atoms with Crippen LogP contribution in [0.3, 0.4) is 0 Å². The zero-order valence-corrected chi connectivity index (χ0v) is 19.0. The van der Waals surface area contributed by atoms with Crippen molar-refractivity contribution in [3.8, 4) is 5.75 Å². The molecule has 2 aliphatic rings. The lowest BCUT2D eigenvalue weighted by Crippen LogP contribution is -2.51. The molecule has 0 aliphatic carbocycles. The van der Waals surface area contributed by atoms with Gasteiger partial charge in [0.15, 0.2) is 0 Å². The number of benzene rings is 2. The standard InChI is InChI=1S/C23H22F3N3O4S/c1-33-16-5-2-14(3-6-16)22(32)29-10-8-28(9-11-29)20(30)13-19-21(31)27-17-12-15(23(24,25)26)4-7-18(17)34-19/h2-7,12,19H,8-11,13H2,1H3,(H,27,31). The number of ether oxygens (including phenoxy) is 1. The third-order valence-electron chi connectivity index (χ3n) is 5.74. The number of halogens is 3. The maximum absolute atomic E-state index is 12.9. The predicted octanol–water partition coefficient (Wildman–Crippen LogP) is 3.50. The van der Waals surface area contributed by atoms with Gasteiger partial charge in [0.25, 0.3) is 5.91 Å². The van der Waals surface area contributed by atoms with Gasteiger partial charge in [0.2, 0.25) is 11.8 Å². The third kappa shape index (κ3) is 5.14. The number of fused-ring (bicyclic) bond motifs is 1. The summed E-state index contributed by atoms with van der Waals surface area (Å²) in [6, 6.07) is 9.96. The van der Waals surface area contributed by atoms with E-state index in [0.29, 0.717) is 42.4 Å². The fraction of sp³-hybridized carbons (Fsp3) is 0.348. The molecule has 0 aromatic heterocycles. The number of rotatable bonds is 4. The molecule has 180 valence electrons. The van der Waals surface area contributed by atoms with Gasteiger partial charge in [-0.1, -0.05) is 0 Å². The smallest absolute Gasteiger partial charge is 0.416 e. The number of anilines is 1. The van der Waals surface area contributed by atoms with Crippen LogP contribution in [-0.2, 0) is 15.8 Å². The van der Waals surface area contributed by atoms with Gasteiger partial charge < -0.3 is 19.9 Å². The van der Waals surface area contributed by atoms with E-state index in [0.717, 1.165) is 23.9 Å². The minimum atomic E-state index is -4.51. The molecule has 3 amide bonds. The van der Waals surface area contributed by atoms with E-state index in [1.165, 1.54) is 6.07 Å². The molecule has 0 bridgehead atoms. The van der Waals surface area contributed by atoms with Crippen molar-refractivity contribution in [3.63, 3.8) is 0 Å². The summed E-state index contributed by atoms with van der Waals surface area (Å²) in [4.78, 5) is 41.7. The van der Waals surface area contributed by atoms with Crippen molar-refractivity contribution in [2.45, 2.75) is 22.7 Å². The third-order valence-corrected chi connectivity index (χ3v) is 7.02. The quantitative estimate of drug-likeness (QED) is 0.706. The van der Waals surface area contributed by atoms with Crippen molar-refractivity contribution in [1.29, 1.82) is 0 Å². The summed E-state index contributed by atoms with van der Waals surface area (Å²) in [5, 5.41) is 1.75. The number of hydrogen-bond donors (Lipinski definition) is 1. The Kier molecular flexibility index (Phi) is 6.74. The van der Waals surface area contributed by atoms with E-state index in [1.54, 1.807) is 41.2 Å². The Morgan fingerprint density at radius 2 is 1.71 bits per heavy atom. The van der Waals surface area contributed by atoms with Gasteiger partial charge in [-0.3, -0.25) is 14.4 Å². The van der Waals surface area contributed by atoms with Gasteiger partial charge in [-0.2, -0.15) is 13.2 Å². The van der Waals surface area contributed by atoms with Crippen molar-refractivity contribution in [1.82, 2.24) is 9.80 Å². The molecule has 11 heteroatoms. The van der Waals surface area contributed by atoms with Gasteiger partial charge in [0, 0.05) is 43.1 Å². The SMILES string of the molecule is COc1ccc(C(=O)N2CCN(C(=O)CC3Sc4ccc(C(F)(F)F)cc4NC3=O)CC2)cc1. The highest BCUT2D eigenvalue weighted by molar-refractivity contribution is 8.01. The van der Waals surface area contributed by atoms with Gasteiger partial charge >= 0.3 is 6.18 Å². The number of carbonyl (C=O) groups is 3. The molecule has 2 aromatic carbocycles. The van der Waals surface area contributed by atoms with Crippen molar-refractivity contribution in [2.75, 3.05) is 38.6 Å². The number of hydrogen-bond acceptors (Lipinski definition) is 5. The second-order valence-electron chi connectivity index (χ2n) is 7.91. The van der Waals surface area contributed by atoms with Gasteiger partial charge in [-0.15, -0.1) is 11.8 Å². The number of amides is 3. The maximum atomic E-state index is 12.9. The fourth-order valence-corrected chi connectivity index (χ4v) is 4.91. The molecule has 4 rings (SSSR count). The Hall–Kier alpha value is -3.21. The van der Waals surface area contributed by atoms with Crippen LogP contribution in [-0.4, -0.2) is 66.1 Å². The predicted molar refractivity (Wildman–Crippen MR) is 120 cm³/mol. The van der Waals surface area contributed by atoms with Crippen LogP contribution in [0.25, 0.3) is 0 Å². The van der Waals surface area contributed by atoms with Crippen molar-refractivity contribution in [2.24, 2.45) is 0 Å². The number of nitrogens with one attached hydrogen (secondary N) is 1. The Labute approximate surface area is 198 Å². The fourth-order valence-electron chi connectivity index (χ4n) is 3.82. The van der Waals surface area contributed by atoms with Crippen molar-refractivity contribution < 1.29 is 32.3 Å². The molecular weight excluding hydrogens is 471 g/mol. The first-order valence-electron chi connectivity index (χ1n) is 10.6. The van der Waals surface area contributed by atoms with Crippen LogP contribution in [0.2, 0.25) is 0 Å². The topological polar surface area (TPSA) is 79.0 Å². The summed E-state index contributed by atoms with van der Waals surface area (Å²) in [5.41, 5.74) is -0.217. The van der Waals surface area contributed by atoms with Gasteiger partial charge in [0.05, 0.1) is 23.6 Å². The molecule has 1 unspecified atom stereocenters.